The molecular formula is C15H21BrN2O5. The summed E-state index contributed by atoms with van der Waals surface area (Å²) in [4.78, 5) is 22.7. The minimum Gasteiger partial charge on any atom is -0.479 e. The minimum atomic E-state index is -1.62. The van der Waals surface area contributed by atoms with Gasteiger partial charge in [-0.1, -0.05) is 28.1 Å². The van der Waals surface area contributed by atoms with E-state index < -0.39 is 23.8 Å². The largest absolute Gasteiger partial charge is 0.479 e. The van der Waals surface area contributed by atoms with Gasteiger partial charge in [-0.25, -0.2) is 14.6 Å². The number of benzene rings is 1. The number of aliphatic hydroxyl groups excluding tert-OH is 1. The average Bonchev–Trinajstić information content (AvgIpc) is 2.38. The highest BCUT2D eigenvalue weighted by Crippen LogP contribution is 2.12. The first-order valence-corrected chi connectivity index (χ1v) is 7.76. The number of nitrogens with one attached hydrogen (secondary N) is 1. The van der Waals surface area contributed by atoms with E-state index in [1.807, 2.05) is 24.3 Å². The third kappa shape index (κ3) is 7.96. The molecule has 0 aromatic heterocycles. The molecule has 3 N–H and O–H groups in total. The van der Waals surface area contributed by atoms with Crippen LogP contribution in [0.3, 0.4) is 0 Å². The zero-order valence-corrected chi connectivity index (χ0v) is 14.8. The number of hydrazine groups is 1. The van der Waals surface area contributed by atoms with Crippen molar-refractivity contribution >= 4 is 28.0 Å². The van der Waals surface area contributed by atoms with Crippen LogP contribution in [0, 0.1) is 0 Å². The Balaban J connectivity index is 2.77. The highest BCUT2D eigenvalue weighted by molar-refractivity contribution is 9.10. The van der Waals surface area contributed by atoms with E-state index in [1.54, 1.807) is 20.8 Å². The zero-order valence-electron chi connectivity index (χ0n) is 13.2. The van der Waals surface area contributed by atoms with Gasteiger partial charge in [0.15, 0.2) is 6.10 Å². The van der Waals surface area contributed by atoms with E-state index in [2.05, 4.69) is 21.4 Å². The molecule has 1 aromatic rings. The molecule has 0 unspecified atom stereocenters. The molecule has 0 radical (unpaired) electrons. The average molecular weight is 389 g/mol. The lowest BCUT2D eigenvalue weighted by molar-refractivity contribution is -0.148. The Labute approximate surface area is 143 Å². The van der Waals surface area contributed by atoms with E-state index >= 15 is 0 Å². The van der Waals surface area contributed by atoms with Crippen molar-refractivity contribution in [2.75, 3.05) is 6.54 Å². The van der Waals surface area contributed by atoms with Crippen LogP contribution in [0.2, 0.25) is 0 Å². The molecule has 8 heteroatoms. The molecule has 0 saturated heterocycles. The number of ether oxygens (including phenoxy) is 1. The van der Waals surface area contributed by atoms with Crippen molar-refractivity contribution in [3.05, 3.63) is 34.3 Å². The molecule has 0 spiro atoms. The van der Waals surface area contributed by atoms with E-state index in [0.29, 0.717) is 0 Å². The molecule has 0 saturated carbocycles. The summed E-state index contributed by atoms with van der Waals surface area (Å²) in [5, 5.41) is 19.7. The Hall–Kier alpha value is -1.64. The maximum atomic E-state index is 11.9. The van der Waals surface area contributed by atoms with Crippen LogP contribution in [-0.2, 0) is 16.1 Å². The lowest BCUT2D eigenvalue weighted by atomic mass is 10.2. The predicted octanol–water partition coefficient (Wildman–Crippen LogP) is 2.14. The highest BCUT2D eigenvalue weighted by atomic mass is 79.9. The van der Waals surface area contributed by atoms with Gasteiger partial charge in [0.25, 0.3) is 0 Å². The molecule has 1 atom stereocenters. The summed E-state index contributed by atoms with van der Waals surface area (Å²) in [7, 11) is 0. The summed E-state index contributed by atoms with van der Waals surface area (Å²) in [6.45, 7) is 5.11. The Morgan fingerprint density at radius 1 is 1.30 bits per heavy atom. The fraction of sp³-hybridized carbons (Fsp3) is 0.467. The molecule has 0 heterocycles. The van der Waals surface area contributed by atoms with Crippen molar-refractivity contribution in [1.29, 1.82) is 0 Å². The van der Waals surface area contributed by atoms with Crippen LogP contribution in [0.5, 0.6) is 0 Å². The number of carboxylic acid groups (broad SMARTS) is 1. The second-order valence-corrected chi connectivity index (χ2v) is 6.89. The molecule has 23 heavy (non-hydrogen) atoms. The third-order valence-electron chi connectivity index (χ3n) is 2.61. The van der Waals surface area contributed by atoms with E-state index in [4.69, 9.17) is 9.84 Å². The Kier molecular flexibility index (Phi) is 6.99. The number of nitrogens with zero attached hydrogens (tertiary/aromatic N) is 1. The number of aliphatic hydroxyl groups is 1. The summed E-state index contributed by atoms with van der Waals surface area (Å²) >= 11 is 3.32. The smallest absolute Gasteiger partial charge is 0.422 e. The molecule has 0 aliphatic carbocycles. The van der Waals surface area contributed by atoms with Crippen LogP contribution in [-0.4, -0.2) is 45.5 Å². The molecule has 0 fully saturated rings. The Bertz CT molecular complexity index is 542. The second kappa shape index (κ2) is 8.28. The molecule has 7 nitrogen and oxygen atoms in total. The van der Waals surface area contributed by atoms with Crippen LogP contribution < -0.4 is 5.43 Å². The van der Waals surface area contributed by atoms with Gasteiger partial charge < -0.3 is 14.9 Å². The predicted molar refractivity (Wildman–Crippen MR) is 87.6 cm³/mol. The highest BCUT2D eigenvalue weighted by Gasteiger charge is 2.22. The minimum absolute atomic E-state index is 0.219. The number of carbonyl (C=O) groups is 2. The summed E-state index contributed by atoms with van der Waals surface area (Å²) < 4.78 is 6.04. The number of halogens is 1. The van der Waals surface area contributed by atoms with Gasteiger partial charge >= 0.3 is 12.1 Å². The normalized spacial score (nSPS) is 12.8. The van der Waals surface area contributed by atoms with Gasteiger partial charge in [-0.15, -0.1) is 0 Å². The number of hydrogen-bond acceptors (Lipinski definition) is 5. The Morgan fingerprint density at radius 3 is 2.35 bits per heavy atom. The zero-order chi connectivity index (χ0) is 17.6. The van der Waals surface area contributed by atoms with Crippen LogP contribution in [0.1, 0.15) is 26.3 Å². The Morgan fingerprint density at radius 2 is 1.87 bits per heavy atom. The number of carbonyl (C=O) groups excluding carboxylic acids is 1. The van der Waals surface area contributed by atoms with Crippen LogP contribution >= 0.6 is 15.9 Å². The van der Waals surface area contributed by atoms with Crippen molar-refractivity contribution in [3.8, 4) is 0 Å². The molecule has 0 aliphatic rings. The van der Waals surface area contributed by atoms with E-state index in [-0.39, 0.29) is 13.1 Å². The summed E-state index contributed by atoms with van der Waals surface area (Å²) in [5.74, 6) is -1.36. The number of hydrogen-bond donors (Lipinski definition) is 3. The fourth-order valence-corrected chi connectivity index (χ4v) is 1.94. The summed E-state index contributed by atoms with van der Waals surface area (Å²) in [6, 6.07) is 7.30. The van der Waals surface area contributed by atoms with Gasteiger partial charge in [-0.3, -0.25) is 5.43 Å². The number of rotatable bonds is 6. The van der Waals surface area contributed by atoms with Gasteiger partial charge in [-0.05, 0) is 38.5 Å². The number of amides is 1. The number of aliphatic carboxylic acids is 1. The van der Waals surface area contributed by atoms with Gasteiger partial charge in [0, 0.05) is 11.0 Å². The first kappa shape index (κ1) is 19.4. The second-order valence-electron chi connectivity index (χ2n) is 5.97. The van der Waals surface area contributed by atoms with E-state index in [9.17, 15) is 14.7 Å². The first-order valence-electron chi connectivity index (χ1n) is 6.97. The molecule has 0 aliphatic heterocycles. The molecule has 1 aromatic carbocycles. The van der Waals surface area contributed by atoms with E-state index in [1.165, 1.54) is 5.01 Å². The first-order chi connectivity index (χ1) is 10.6. The standard InChI is InChI=1S/C15H21BrN2O5/c1-15(2,3)23-14(22)17-18(9-12(19)13(20)21)8-10-4-6-11(16)7-5-10/h4-7,12,19H,8-9H2,1-3H3,(H,17,22)(H,20,21)/t12-/m1/s1. The van der Waals surface area contributed by atoms with Crippen molar-refractivity contribution < 1.29 is 24.5 Å². The van der Waals surface area contributed by atoms with E-state index in [0.717, 1.165) is 10.0 Å². The van der Waals surface area contributed by atoms with Crippen molar-refractivity contribution in [3.63, 3.8) is 0 Å². The fourth-order valence-electron chi connectivity index (χ4n) is 1.68. The quantitative estimate of drug-likeness (QED) is 0.645. The molecule has 128 valence electrons. The summed E-state index contributed by atoms with van der Waals surface area (Å²) in [5.41, 5.74) is 2.61. The lowest BCUT2D eigenvalue weighted by Gasteiger charge is -2.27. The maximum absolute atomic E-state index is 11.9. The van der Waals surface area contributed by atoms with Gasteiger partial charge in [0.2, 0.25) is 0 Å². The SMILES string of the molecule is CC(C)(C)OC(=O)NN(Cc1ccc(Br)cc1)C[C@@H](O)C(=O)O. The molecular weight excluding hydrogens is 368 g/mol. The van der Waals surface area contributed by atoms with Crippen LogP contribution in [0.15, 0.2) is 28.7 Å². The molecule has 1 rings (SSSR count). The molecule has 1 amide bonds. The summed E-state index contributed by atoms with van der Waals surface area (Å²) in [6.07, 6.45) is -2.34. The topological polar surface area (TPSA) is 99.1 Å². The van der Waals surface area contributed by atoms with Gasteiger partial charge in [-0.2, -0.15) is 0 Å². The van der Waals surface area contributed by atoms with Gasteiger partial charge in [0.05, 0.1) is 6.54 Å². The van der Waals surface area contributed by atoms with Gasteiger partial charge in [0.1, 0.15) is 5.60 Å². The lowest BCUT2D eigenvalue weighted by Crippen LogP contribution is -2.48. The van der Waals surface area contributed by atoms with Crippen LogP contribution in [0.4, 0.5) is 4.79 Å². The third-order valence-corrected chi connectivity index (χ3v) is 3.14. The van der Waals surface area contributed by atoms with Crippen molar-refractivity contribution in [2.24, 2.45) is 0 Å². The van der Waals surface area contributed by atoms with Crippen molar-refractivity contribution in [2.45, 2.75) is 39.0 Å². The number of carboxylic acids is 1. The molecule has 0 bridgehead atoms. The maximum Gasteiger partial charge on any atom is 0.422 e. The monoisotopic (exact) mass is 388 g/mol. The van der Waals surface area contributed by atoms with Crippen molar-refractivity contribution in [1.82, 2.24) is 10.4 Å². The van der Waals surface area contributed by atoms with Crippen LogP contribution in [0.25, 0.3) is 0 Å².